The van der Waals surface area contributed by atoms with Crippen LogP contribution in [0.25, 0.3) is 104 Å². The van der Waals surface area contributed by atoms with E-state index in [0.717, 1.165) is 44.3 Å². The summed E-state index contributed by atoms with van der Waals surface area (Å²) in [7, 11) is 0. The quantitative estimate of drug-likeness (QED) is 0.187. The monoisotopic (exact) mass is 670 g/mol. The van der Waals surface area contributed by atoms with Gasteiger partial charge in [0.2, 0.25) is 0 Å². The lowest BCUT2D eigenvalue weighted by Crippen LogP contribution is -2.01. The van der Waals surface area contributed by atoms with Crippen molar-refractivity contribution in [3.8, 4) is 39.9 Å². The predicted octanol–water partition coefficient (Wildman–Crippen LogP) is 12.2. The number of benzene rings is 7. The first kappa shape index (κ1) is 28.2. The zero-order valence-corrected chi connectivity index (χ0v) is 27.9. The second kappa shape index (κ2) is 10.9. The van der Waals surface area contributed by atoms with Gasteiger partial charge in [0.25, 0.3) is 0 Å². The molecule has 0 N–H and O–H groups in total. The molecule has 11 aromatic rings. The zero-order valence-electron chi connectivity index (χ0n) is 27.1. The molecule has 0 aliphatic carbocycles. The topological polar surface area (TPSA) is 56.7 Å². The Morgan fingerprint density at radius 1 is 0.431 bits per heavy atom. The zero-order chi connectivity index (χ0) is 33.5. The predicted molar refractivity (Wildman–Crippen MR) is 211 cm³/mol. The van der Waals surface area contributed by atoms with Gasteiger partial charge in [0.05, 0.1) is 11.0 Å². The van der Waals surface area contributed by atoms with Crippen LogP contribution in [0.1, 0.15) is 0 Å². The Balaban J connectivity index is 1.09. The average molecular weight is 671 g/mol. The van der Waals surface area contributed by atoms with Crippen molar-refractivity contribution in [1.29, 1.82) is 0 Å². The van der Waals surface area contributed by atoms with Crippen molar-refractivity contribution < 1.29 is 4.42 Å². The Hall–Kier alpha value is -6.63. The summed E-state index contributed by atoms with van der Waals surface area (Å²) in [6.45, 7) is 0. The minimum atomic E-state index is 0.606. The molecule has 0 unspecified atom stereocenters. The maximum Gasteiger partial charge on any atom is 0.164 e. The van der Waals surface area contributed by atoms with E-state index in [1.54, 1.807) is 0 Å². The van der Waals surface area contributed by atoms with Crippen LogP contribution in [0.2, 0.25) is 0 Å². The van der Waals surface area contributed by atoms with Crippen molar-refractivity contribution in [3.05, 3.63) is 158 Å². The number of thiophene rings is 1. The summed E-state index contributed by atoms with van der Waals surface area (Å²) in [6, 6.07) is 54.9. The van der Waals surface area contributed by atoms with Crippen LogP contribution in [-0.4, -0.2) is 19.5 Å². The van der Waals surface area contributed by atoms with Gasteiger partial charge in [-0.25, -0.2) is 15.0 Å². The van der Waals surface area contributed by atoms with E-state index in [1.165, 1.54) is 42.0 Å². The molecule has 0 radical (unpaired) electrons. The SMILES string of the molecule is c1ccc(-c2nc(-c3ccc(-n4c5ccccc5c5cc6c(cc54)sc4ccccc46)cc3)nc(-c3cccc4oc5ccccc5c34)n2)cc1. The second-order valence-electron chi connectivity index (χ2n) is 12.8. The summed E-state index contributed by atoms with van der Waals surface area (Å²) in [5, 5.41) is 7.14. The highest BCUT2D eigenvalue weighted by atomic mass is 32.1. The molecule has 6 heteroatoms. The van der Waals surface area contributed by atoms with E-state index in [0.29, 0.717) is 17.5 Å². The van der Waals surface area contributed by atoms with Gasteiger partial charge in [-0.15, -0.1) is 11.3 Å². The van der Waals surface area contributed by atoms with Crippen LogP contribution >= 0.6 is 11.3 Å². The Bertz CT molecular complexity index is 3140. The molecule has 0 atom stereocenters. The molecule has 0 saturated carbocycles. The van der Waals surface area contributed by atoms with E-state index in [2.05, 4.69) is 102 Å². The maximum absolute atomic E-state index is 6.22. The first-order valence-electron chi connectivity index (χ1n) is 16.9. The third-order valence-corrected chi connectivity index (χ3v) is 11.0. The van der Waals surface area contributed by atoms with Gasteiger partial charge in [-0.05, 0) is 60.7 Å². The number of para-hydroxylation sites is 2. The van der Waals surface area contributed by atoms with Gasteiger partial charge in [-0.1, -0.05) is 97.1 Å². The summed E-state index contributed by atoms with van der Waals surface area (Å²) >= 11 is 1.85. The fraction of sp³-hybridized carbons (Fsp3) is 0. The van der Waals surface area contributed by atoms with E-state index in [-0.39, 0.29) is 0 Å². The number of hydrogen-bond acceptors (Lipinski definition) is 5. The van der Waals surface area contributed by atoms with Gasteiger partial charge < -0.3 is 8.98 Å². The second-order valence-corrected chi connectivity index (χ2v) is 13.9. The highest BCUT2D eigenvalue weighted by molar-refractivity contribution is 7.25. The van der Waals surface area contributed by atoms with Crippen molar-refractivity contribution in [3.63, 3.8) is 0 Å². The minimum Gasteiger partial charge on any atom is -0.456 e. The van der Waals surface area contributed by atoms with E-state index < -0.39 is 0 Å². The molecule has 4 heterocycles. The van der Waals surface area contributed by atoms with Gasteiger partial charge in [0.15, 0.2) is 17.5 Å². The fourth-order valence-corrected chi connectivity index (χ4v) is 8.65. The summed E-state index contributed by atoms with van der Waals surface area (Å²) < 4.78 is 11.2. The molecule has 238 valence electrons. The molecule has 0 amide bonds. The van der Waals surface area contributed by atoms with Crippen LogP contribution in [0, 0.1) is 0 Å². The molecule has 5 nitrogen and oxygen atoms in total. The highest BCUT2D eigenvalue weighted by Gasteiger charge is 2.19. The highest BCUT2D eigenvalue weighted by Crippen LogP contribution is 2.41. The first-order chi connectivity index (χ1) is 25.3. The standard InChI is InChI=1S/C45H26N4OS/c1-2-11-27(12-3-1)43-46-44(48-45(47-43)33-16-10-19-39-42(33)32-15-5-8-18-38(32)50-39)28-21-23-29(24-22-28)49-36-17-7-4-13-30(36)34-25-35-31-14-6-9-20-40(31)51-41(35)26-37(34)49/h1-26H. The molecular weight excluding hydrogens is 645 g/mol. The van der Waals surface area contributed by atoms with Crippen LogP contribution < -0.4 is 0 Å². The fourth-order valence-electron chi connectivity index (χ4n) is 7.53. The first-order valence-corrected chi connectivity index (χ1v) is 17.8. The van der Waals surface area contributed by atoms with Gasteiger partial charge in [-0.2, -0.15) is 0 Å². The molecule has 4 aromatic heterocycles. The van der Waals surface area contributed by atoms with Crippen molar-refractivity contribution in [2.75, 3.05) is 0 Å². The lowest BCUT2D eigenvalue weighted by molar-refractivity contribution is 0.669. The summed E-state index contributed by atoms with van der Waals surface area (Å²) in [6.07, 6.45) is 0. The molecule has 0 fully saturated rings. The molecule has 7 aromatic carbocycles. The molecule has 0 spiro atoms. The van der Waals surface area contributed by atoms with E-state index in [9.17, 15) is 0 Å². The van der Waals surface area contributed by atoms with Crippen LogP contribution in [0.3, 0.4) is 0 Å². The van der Waals surface area contributed by atoms with Crippen LogP contribution in [0.15, 0.2) is 162 Å². The van der Waals surface area contributed by atoms with Crippen molar-refractivity contribution in [2.24, 2.45) is 0 Å². The molecule has 0 saturated heterocycles. The molecule has 0 aliphatic heterocycles. The summed E-state index contributed by atoms with van der Waals surface area (Å²) in [5.41, 5.74) is 7.85. The smallest absolute Gasteiger partial charge is 0.164 e. The molecule has 0 bridgehead atoms. The largest absolute Gasteiger partial charge is 0.456 e. The molecular formula is C45H26N4OS. The Morgan fingerprint density at radius 2 is 1.10 bits per heavy atom. The lowest BCUT2D eigenvalue weighted by atomic mass is 10.1. The van der Waals surface area contributed by atoms with Crippen LogP contribution in [0.5, 0.6) is 0 Å². The van der Waals surface area contributed by atoms with Gasteiger partial charge >= 0.3 is 0 Å². The van der Waals surface area contributed by atoms with Crippen molar-refractivity contribution >= 4 is 75.3 Å². The number of rotatable bonds is 4. The van der Waals surface area contributed by atoms with E-state index in [4.69, 9.17) is 19.4 Å². The van der Waals surface area contributed by atoms with Gasteiger partial charge in [0, 0.05) is 64.1 Å². The summed E-state index contributed by atoms with van der Waals surface area (Å²) in [5.74, 6) is 1.85. The normalized spacial score (nSPS) is 11.9. The number of nitrogens with zero attached hydrogens (tertiary/aromatic N) is 4. The molecule has 51 heavy (non-hydrogen) atoms. The maximum atomic E-state index is 6.22. The lowest BCUT2D eigenvalue weighted by Gasteiger charge is -2.11. The Labute approximate surface area is 295 Å². The number of aromatic nitrogens is 4. The van der Waals surface area contributed by atoms with Crippen LogP contribution in [-0.2, 0) is 0 Å². The van der Waals surface area contributed by atoms with Crippen molar-refractivity contribution in [2.45, 2.75) is 0 Å². The van der Waals surface area contributed by atoms with Crippen molar-refractivity contribution in [1.82, 2.24) is 19.5 Å². The third kappa shape index (κ3) is 4.37. The molecule has 11 rings (SSSR count). The Kier molecular flexibility index (Phi) is 6.05. The minimum absolute atomic E-state index is 0.606. The number of hydrogen-bond donors (Lipinski definition) is 0. The average Bonchev–Trinajstić information content (AvgIpc) is 3.86. The van der Waals surface area contributed by atoms with Gasteiger partial charge in [0.1, 0.15) is 11.2 Å². The Morgan fingerprint density at radius 3 is 1.94 bits per heavy atom. The van der Waals surface area contributed by atoms with E-state index in [1.807, 2.05) is 72.0 Å². The number of fused-ring (bicyclic) bond motifs is 9. The number of furan rings is 1. The van der Waals surface area contributed by atoms with Gasteiger partial charge in [-0.3, -0.25) is 0 Å². The molecule has 0 aliphatic rings. The van der Waals surface area contributed by atoms with Crippen LogP contribution in [0.4, 0.5) is 0 Å². The van der Waals surface area contributed by atoms with E-state index >= 15 is 0 Å². The summed E-state index contributed by atoms with van der Waals surface area (Å²) in [4.78, 5) is 15.2. The third-order valence-electron chi connectivity index (χ3n) is 9.87.